The highest BCUT2D eigenvalue weighted by molar-refractivity contribution is 6.47. The van der Waals surface area contributed by atoms with Gasteiger partial charge in [-0.1, -0.05) is 36.4 Å². The summed E-state index contributed by atoms with van der Waals surface area (Å²) in [4.78, 5) is 66.3. The van der Waals surface area contributed by atoms with E-state index in [9.17, 15) is 29.1 Å². The quantitative estimate of drug-likeness (QED) is 0.0328. The van der Waals surface area contributed by atoms with Gasteiger partial charge in [0.1, 0.15) is 30.4 Å². The number of aliphatic hydroxyl groups is 1. The van der Waals surface area contributed by atoms with Crippen LogP contribution in [0.25, 0.3) is 11.1 Å². The van der Waals surface area contributed by atoms with Crippen molar-refractivity contribution in [2.45, 2.75) is 113 Å². The Hall–Kier alpha value is -4.55. The Balaban J connectivity index is 1.13. The molecular weight excluding hydrogens is 787 g/mol. The van der Waals surface area contributed by atoms with Crippen molar-refractivity contribution >= 4 is 36.7 Å². The number of nitrogens with one attached hydrogen (secondary N) is 5. The number of aryl methyl sites for hydroxylation is 1. The molecule has 2 aromatic rings. The summed E-state index contributed by atoms with van der Waals surface area (Å²) in [6.45, 7) is 4.53. The van der Waals surface area contributed by atoms with Crippen molar-refractivity contribution in [1.82, 2.24) is 26.6 Å². The Labute approximate surface area is 356 Å². The Bertz CT molecular complexity index is 1860. The lowest BCUT2D eigenvalue weighted by Crippen LogP contribution is -2.73. The van der Waals surface area contributed by atoms with E-state index in [-0.39, 0.29) is 30.6 Å². The van der Waals surface area contributed by atoms with E-state index in [0.717, 1.165) is 30.4 Å². The molecule has 4 fully saturated rings. The summed E-state index contributed by atoms with van der Waals surface area (Å²) in [5.74, 6) is -3.99. The first-order valence-electron chi connectivity index (χ1n) is 20.8. The molecule has 3 saturated carbocycles. The van der Waals surface area contributed by atoms with E-state index in [1.807, 2.05) is 38.1 Å². The van der Waals surface area contributed by atoms with Gasteiger partial charge < -0.3 is 81.1 Å². The van der Waals surface area contributed by atoms with Gasteiger partial charge in [0.15, 0.2) is 6.17 Å². The number of unbranched alkanes of at least 4 members (excludes halogenated alkanes) is 1. The number of carbonyl (C=O) groups excluding carboxylic acids is 5. The average Bonchev–Trinajstić information content (AvgIpc) is 3.61. The molecule has 3 aliphatic carbocycles. The lowest BCUT2D eigenvalue weighted by atomic mass is 9.47. The van der Waals surface area contributed by atoms with Gasteiger partial charge in [-0.3, -0.25) is 24.0 Å². The second-order valence-corrected chi connectivity index (χ2v) is 16.7. The Morgan fingerprint density at radius 1 is 0.770 bits per heavy atom. The van der Waals surface area contributed by atoms with E-state index < -0.39 is 84.4 Å². The highest BCUT2D eigenvalue weighted by Gasteiger charge is 2.69. The summed E-state index contributed by atoms with van der Waals surface area (Å²) in [5.41, 5.74) is 43.8. The molecule has 5 amide bonds. The largest absolute Gasteiger partial charge is 0.497 e. The fourth-order valence-corrected chi connectivity index (χ4v) is 8.46. The van der Waals surface area contributed by atoms with Crippen LogP contribution >= 0.6 is 0 Å². The predicted molar refractivity (Wildman–Crippen MR) is 228 cm³/mol. The van der Waals surface area contributed by atoms with Crippen LogP contribution in [0.5, 0.6) is 0 Å². The molecule has 4 aliphatic rings. The maximum Gasteiger partial charge on any atom is 0.497 e. The summed E-state index contributed by atoms with van der Waals surface area (Å²) in [5, 5.41) is 22.4. The van der Waals surface area contributed by atoms with Gasteiger partial charge >= 0.3 is 7.12 Å². The fraction of sp³-hybridized carbons (Fsp3) is 0.575. The van der Waals surface area contributed by atoms with Crippen molar-refractivity contribution < 1.29 is 38.4 Å². The maximum atomic E-state index is 13.5. The van der Waals surface area contributed by atoms with Crippen molar-refractivity contribution in [2.24, 2.45) is 52.0 Å². The first-order valence-corrected chi connectivity index (χ1v) is 20.8. The zero-order valence-corrected chi connectivity index (χ0v) is 34.8. The van der Waals surface area contributed by atoms with Crippen LogP contribution < -0.4 is 66.7 Å². The van der Waals surface area contributed by atoms with Gasteiger partial charge in [-0.15, -0.1) is 0 Å². The average molecular weight is 851 g/mol. The van der Waals surface area contributed by atoms with E-state index in [2.05, 4.69) is 26.6 Å². The molecule has 20 N–H and O–H groups in total. The molecule has 11 unspecified atom stereocenters. The van der Waals surface area contributed by atoms with E-state index >= 15 is 0 Å². The molecule has 11 atom stereocenters. The summed E-state index contributed by atoms with van der Waals surface area (Å²) in [7, 11) is -0.967. The molecule has 2 aromatic carbocycles. The van der Waals surface area contributed by atoms with Crippen LogP contribution in [-0.4, -0.2) is 115 Å². The Kier molecular flexibility index (Phi) is 16.0. The number of hydrogen-bond acceptors (Lipinski definition) is 15. The lowest BCUT2D eigenvalue weighted by molar-refractivity contribution is -0.164. The number of aliphatic hydroxyl groups excluding tert-OH is 1. The SMILES string of the molecule is CC1(N)C2CC3OB(C(N)NC(=O)C(CCCCN)NC(=O)C(N)NC(=O)C(NC(=O)C(CN)NC(=O)c4ccc(-c5ccc(CCCN)cc5)cc4)C(N)O)OC3(C)C1C2. The molecule has 61 heavy (non-hydrogen) atoms. The molecule has 1 heterocycles. The Morgan fingerprint density at radius 3 is 1.98 bits per heavy atom. The third-order valence-corrected chi connectivity index (χ3v) is 12.3. The van der Waals surface area contributed by atoms with Crippen LogP contribution in [0.4, 0.5) is 0 Å². The number of nitrogens with two attached hydrogens (primary N) is 7. The van der Waals surface area contributed by atoms with Gasteiger partial charge in [-0.05, 0) is 107 Å². The number of carbonyl (C=O) groups is 5. The molecule has 0 radical (unpaired) electrons. The third kappa shape index (κ3) is 11.1. The van der Waals surface area contributed by atoms with Gasteiger partial charge in [0.25, 0.3) is 11.8 Å². The van der Waals surface area contributed by atoms with E-state index in [1.165, 1.54) is 5.56 Å². The summed E-state index contributed by atoms with van der Waals surface area (Å²) in [6, 6.07) is 9.28. The summed E-state index contributed by atoms with van der Waals surface area (Å²) < 4.78 is 12.4. The smallest absolute Gasteiger partial charge is 0.403 e. The van der Waals surface area contributed by atoms with E-state index in [0.29, 0.717) is 38.3 Å². The van der Waals surface area contributed by atoms with Crippen molar-refractivity contribution in [3.8, 4) is 11.1 Å². The van der Waals surface area contributed by atoms with Gasteiger partial charge in [-0.25, -0.2) is 0 Å². The normalized spacial score (nSPS) is 25.7. The van der Waals surface area contributed by atoms with Crippen LogP contribution in [0, 0.1) is 11.8 Å². The molecule has 21 heteroatoms. The van der Waals surface area contributed by atoms with Crippen molar-refractivity contribution in [3.63, 3.8) is 0 Å². The lowest BCUT2D eigenvalue weighted by Gasteiger charge is -2.64. The molecule has 334 valence electrons. The molecule has 0 aromatic heterocycles. The highest BCUT2D eigenvalue weighted by atomic mass is 16.7. The van der Waals surface area contributed by atoms with E-state index in [4.69, 9.17) is 49.4 Å². The summed E-state index contributed by atoms with van der Waals surface area (Å²) >= 11 is 0. The second kappa shape index (κ2) is 20.5. The highest BCUT2D eigenvalue weighted by Crippen LogP contribution is 2.60. The van der Waals surface area contributed by atoms with Crippen LogP contribution in [0.1, 0.15) is 68.3 Å². The minimum absolute atomic E-state index is 0.0593. The van der Waals surface area contributed by atoms with Gasteiger partial charge in [0.2, 0.25) is 17.7 Å². The summed E-state index contributed by atoms with van der Waals surface area (Å²) in [6.07, 6.45) is 0.540. The third-order valence-electron chi connectivity index (χ3n) is 12.3. The minimum Gasteiger partial charge on any atom is -0.403 e. The molecule has 0 spiro atoms. The van der Waals surface area contributed by atoms with Crippen LogP contribution in [0.15, 0.2) is 48.5 Å². The van der Waals surface area contributed by atoms with Crippen LogP contribution in [0.2, 0.25) is 0 Å². The van der Waals surface area contributed by atoms with Gasteiger partial charge in [-0.2, -0.15) is 0 Å². The Morgan fingerprint density at radius 2 is 1.39 bits per heavy atom. The van der Waals surface area contributed by atoms with Crippen molar-refractivity contribution in [2.75, 3.05) is 19.6 Å². The first kappa shape index (κ1) is 47.5. The first-order chi connectivity index (χ1) is 28.9. The molecule has 2 bridgehead atoms. The molecule has 1 aliphatic heterocycles. The fourth-order valence-electron chi connectivity index (χ4n) is 8.46. The maximum absolute atomic E-state index is 13.5. The predicted octanol–water partition coefficient (Wildman–Crippen LogP) is -3.56. The van der Waals surface area contributed by atoms with Gasteiger partial charge in [0.05, 0.1) is 11.7 Å². The van der Waals surface area contributed by atoms with Gasteiger partial charge in [0, 0.05) is 23.6 Å². The zero-order valence-electron chi connectivity index (χ0n) is 34.8. The van der Waals surface area contributed by atoms with Crippen LogP contribution in [0.3, 0.4) is 0 Å². The number of rotatable bonds is 21. The monoisotopic (exact) mass is 850 g/mol. The second-order valence-electron chi connectivity index (χ2n) is 16.7. The standard InChI is InChI=1S/C40H63BN12O8/c1-39(48)25-18-28(39)40(2)29(19-25)60-41(61-40)38(47)53-34(56)26(7-3-4-16-42)49-37(59)31(45)52-36(58)30(32(46)54)51-35(57)27(20-44)50-33(55)24-14-12-23(13-15-24)22-10-8-21(9-11-22)6-5-17-43/h8-15,25-32,38,54H,3-7,16-20,42-48H2,1-2H3,(H,49,59)(H,50,55)(H,51,57)(H,52,58)(H,53,56). The number of amides is 5. The molecule has 20 nitrogen and oxygen atoms in total. The molecule has 1 saturated heterocycles. The topological polar surface area (TPSA) is 366 Å². The zero-order chi connectivity index (χ0) is 44.6. The molecular formula is C40H63BN12O8. The van der Waals surface area contributed by atoms with Crippen LogP contribution in [-0.2, 0) is 34.9 Å². The minimum atomic E-state index is -1.97. The molecule has 6 rings (SSSR count). The van der Waals surface area contributed by atoms with E-state index in [1.54, 1.807) is 24.3 Å². The number of benzene rings is 2. The van der Waals surface area contributed by atoms with Crippen molar-refractivity contribution in [3.05, 3.63) is 59.7 Å². The van der Waals surface area contributed by atoms with Crippen molar-refractivity contribution in [1.29, 1.82) is 0 Å². The number of hydrogen-bond donors (Lipinski definition) is 13.